The van der Waals surface area contributed by atoms with Gasteiger partial charge in [-0.15, -0.1) is 0 Å². The van der Waals surface area contributed by atoms with Crippen LogP contribution in [-0.2, 0) is 4.79 Å². The Morgan fingerprint density at radius 2 is 1.82 bits per heavy atom. The van der Waals surface area contributed by atoms with Crippen LogP contribution in [0, 0.1) is 21.4 Å². The van der Waals surface area contributed by atoms with Crippen molar-refractivity contribution < 1.29 is 24.0 Å². The molecule has 0 aliphatic carbocycles. The van der Waals surface area contributed by atoms with Gasteiger partial charge in [0.25, 0.3) is 11.6 Å². The van der Waals surface area contributed by atoms with E-state index in [1.165, 1.54) is 43.5 Å². The molecule has 0 radical (unpaired) electrons. The molecular weight excluding hydrogens is 462 g/mol. The van der Waals surface area contributed by atoms with Crippen molar-refractivity contribution in [1.29, 1.82) is 5.26 Å². The van der Waals surface area contributed by atoms with E-state index in [2.05, 4.69) is 5.32 Å². The molecule has 1 N–H and O–H groups in total. The number of benzene rings is 3. The molecule has 0 spiro atoms. The van der Waals surface area contributed by atoms with Gasteiger partial charge in [-0.3, -0.25) is 14.9 Å². The minimum absolute atomic E-state index is 0.110. The van der Waals surface area contributed by atoms with Crippen molar-refractivity contribution in [2.75, 3.05) is 12.4 Å². The zero-order valence-corrected chi connectivity index (χ0v) is 18.4. The number of para-hydroxylation sites is 1. The maximum Gasteiger partial charge on any atom is 0.343 e. The van der Waals surface area contributed by atoms with E-state index in [0.717, 1.165) is 6.07 Å². The molecule has 3 aromatic carbocycles. The standard InChI is InChI=1S/C24H16ClN3O6/c1-33-19-10-11-20(21(13-19)28(31)32)27-23(29)17(14-26)12-16-4-2-3-5-22(16)34-24(30)15-6-8-18(25)9-7-15/h2-13H,1H3,(H,27,29)/b17-12+. The number of amides is 1. The van der Waals surface area contributed by atoms with Crippen LogP contribution in [0.25, 0.3) is 6.08 Å². The molecule has 10 heteroatoms. The molecule has 0 fully saturated rings. The number of nitro groups is 1. The maximum absolute atomic E-state index is 12.7. The third-order valence-electron chi connectivity index (χ3n) is 4.52. The van der Waals surface area contributed by atoms with Crippen LogP contribution in [0.1, 0.15) is 15.9 Å². The van der Waals surface area contributed by atoms with E-state index in [4.69, 9.17) is 21.1 Å². The highest BCUT2D eigenvalue weighted by Crippen LogP contribution is 2.30. The number of methoxy groups -OCH3 is 1. The summed E-state index contributed by atoms with van der Waals surface area (Å²) in [5.41, 5.74) is -0.337. The summed E-state index contributed by atoms with van der Waals surface area (Å²) >= 11 is 5.83. The number of nitrogens with zero attached hydrogens (tertiary/aromatic N) is 2. The van der Waals surface area contributed by atoms with Crippen LogP contribution in [0.4, 0.5) is 11.4 Å². The summed E-state index contributed by atoms with van der Waals surface area (Å²) in [6.07, 6.45) is 1.22. The molecule has 0 saturated carbocycles. The zero-order valence-electron chi connectivity index (χ0n) is 17.7. The van der Waals surface area contributed by atoms with Crippen molar-refractivity contribution in [1.82, 2.24) is 0 Å². The molecule has 0 atom stereocenters. The lowest BCUT2D eigenvalue weighted by atomic mass is 10.1. The van der Waals surface area contributed by atoms with Gasteiger partial charge in [-0.05, 0) is 48.5 Å². The molecule has 0 aromatic heterocycles. The van der Waals surface area contributed by atoms with Crippen LogP contribution in [-0.4, -0.2) is 23.9 Å². The Labute approximate surface area is 198 Å². The Morgan fingerprint density at radius 1 is 1.12 bits per heavy atom. The number of esters is 1. The van der Waals surface area contributed by atoms with Gasteiger partial charge in [-0.25, -0.2) is 4.79 Å². The van der Waals surface area contributed by atoms with E-state index < -0.39 is 22.5 Å². The normalized spacial score (nSPS) is 10.7. The fourth-order valence-corrected chi connectivity index (χ4v) is 2.95. The zero-order chi connectivity index (χ0) is 24.7. The molecular formula is C24H16ClN3O6. The van der Waals surface area contributed by atoms with Crippen molar-refractivity contribution in [3.05, 3.63) is 98.6 Å². The average molecular weight is 478 g/mol. The fourth-order valence-electron chi connectivity index (χ4n) is 2.83. The van der Waals surface area contributed by atoms with Crippen LogP contribution in [0.15, 0.2) is 72.3 Å². The van der Waals surface area contributed by atoms with Crippen molar-refractivity contribution in [3.8, 4) is 17.6 Å². The lowest BCUT2D eigenvalue weighted by molar-refractivity contribution is -0.384. The first-order valence-corrected chi connectivity index (χ1v) is 10.0. The van der Waals surface area contributed by atoms with Crippen molar-refractivity contribution in [2.45, 2.75) is 0 Å². The van der Waals surface area contributed by atoms with Gasteiger partial charge in [0.15, 0.2) is 0 Å². The highest BCUT2D eigenvalue weighted by molar-refractivity contribution is 6.30. The lowest BCUT2D eigenvalue weighted by Gasteiger charge is -2.09. The number of carbonyl (C=O) groups excluding carboxylic acids is 2. The number of carbonyl (C=O) groups is 2. The summed E-state index contributed by atoms with van der Waals surface area (Å²) in [5.74, 6) is -1.19. The Morgan fingerprint density at radius 3 is 2.47 bits per heavy atom. The van der Waals surface area contributed by atoms with Crippen LogP contribution in [0.5, 0.6) is 11.5 Å². The number of anilines is 1. The Bertz CT molecular complexity index is 1330. The van der Waals surface area contributed by atoms with Gasteiger partial charge in [-0.1, -0.05) is 29.8 Å². The fraction of sp³-hybridized carbons (Fsp3) is 0.0417. The molecule has 0 bridgehead atoms. The first-order valence-electron chi connectivity index (χ1n) is 9.64. The predicted molar refractivity (Wildman–Crippen MR) is 125 cm³/mol. The summed E-state index contributed by atoms with van der Waals surface area (Å²) < 4.78 is 10.4. The molecule has 0 aliphatic heterocycles. The smallest absolute Gasteiger partial charge is 0.343 e. The quantitative estimate of drug-likeness (QED) is 0.126. The molecule has 0 saturated heterocycles. The summed E-state index contributed by atoms with van der Waals surface area (Å²) in [6.45, 7) is 0. The van der Waals surface area contributed by atoms with Gasteiger partial charge in [0, 0.05) is 10.6 Å². The number of hydrogen-bond donors (Lipinski definition) is 1. The molecule has 170 valence electrons. The van der Waals surface area contributed by atoms with Crippen LogP contribution in [0.3, 0.4) is 0 Å². The number of hydrogen-bond acceptors (Lipinski definition) is 7. The van der Waals surface area contributed by atoms with Gasteiger partial charge in [-0.2, -0.15) is 5.26 Å². The van der Waals surface area contributed by atoms with Gasteiger partial charge < -0.3 is 14.8 Å². The third-order valence-corrected chi connectivity index (χ3v) is 4.77. The molecule has 3 rings (SSSR count). The molecule has 9 nitrogen and oxygen atoms in total. The largest absolute Gasteiger partial charge is 0.496 e. The molecule has 3 aromatic rings. The van der Waals surface area contributed by atoms with Gasteiger partial charge in [0.1, 0.15) is 28.8 Å². The van der Waals surface area contributed by atoms with Crippen LogP contribution in [0.2, 0.25) is 5.02 Å². The van der Waals surface area contributed by atoms with Gasteiger partial charge in [0.2, 0.25) is 0 Å². The maximum atomic E-state index is 12.7. The number of ether oxygens (including phenoxy) is 2. The minimum Gasteiger partial charge on any atom is -0.496 e. The Hall–Kier alpha value is -4.68. The highest BCUT2D eigenvalue weighted by atomic mass is 35.5. The number of nitro benzene ring substituents is 1. The van der Waals surface area contributed by atoms with Crippen LogP contribution >= 0.6 is 11.6 Å². The minimum atomic E-state index is -0.880. The number of nitrogens with one attached hydrogen (secondary N) is 1. The van der Waals surface area contributed by atoms with Crippen molar-refractivity contribution in [3.63, 3.8) is 0 Å². The van der Waals surface area contributed by atoms with Gasteiger partial charge in [0.05, 0.1) is 23.7 Å². The molecule has 1 amide bonds. The van der Waals surface area contributed by atoms with Gasteiger partial charge >= 0.3 is 5.97 Å². The Balaban J connectivity index is 1.87. The van der Waals surface area contributed by atoms with Crippen LogP contribution < -0.4 is 14.8 Å². The number of nitriles is 1. The molecule has 0 heterocycles. The monoisotopic (exact) mass is 477 g/mol. The predicted octanol–water partition coefficient (Wildman–Crippen LogP) is 5.02. The van der Waals surface area contributed by atoms with E-state index >= 15 is 0 Å². The van der Waals surface area contributed by atoms with E-state index in [1.54, 1.807) is 36.4 Å². The highest BCUT2D eigenvalue weighted by Gasteiger charge is 2.20. The van der Waals surface area contributed by atoms with E-state index in [1.807, 2.05) is 0 Å². The number of halogens is 1. The van der Waals surface area contributed by atoms with Crippen molar-refractivity contribution in [2.24, 2.45) is 0 Å². The summed E-state index contributed by atoms with van der Waals surface area (Å²) in [4.78, 5) is 35.8. The topological polar surface area (TPSA) is 132 Å². The first-order chi connectivity index (χ1) is 16.3. The molecule has 0 unspecified atom stereocenters. The first kappa shape index (κ1) is 24.0. The second kappa shape index (κ2) is 10.8. The SMILES string of the molecule is COc1ccc(NC(=O)/C(C#N)=C/c2ccccc2OC(=O)c2ccc(Cl)cc2)c([N+](=O)[O-])c1. The summed E-state index contributed by atoms with van der Waals surface area (Å²) in [5, 5.41) is 23.7. The summed E-state index contributed by atoms with van der Waals surface area (Å²) in [6, 6.07) is 18.0. The van der Waals surface area contributed by atoms with E-state index in [-0.39, 0.29) is 33.9 Å². The van der Waals surface area contributed by atoms with E-state index in [0.29, 0.717) is 5.02 Å². The lowest BCUT2D eigenvalue weighted by Crippen LogP contribution is -2.15. The second-order valence-corrected chi connectivity index (χ2v) is 7.13. The average Bonchev–Trinajstić information content (AvgIpc) is 2.83. The third kappa shape index (κ3) is 5.76. The summed E-state index contributed by atoms with van der Waals surface area (Å²) in [7, 11) is 1.35. The molecule has 0 aliphatic rings. The molecule has 34 heavy (non-hydrogen) atoms. The number of rotatable bonds is 7. The van der Waals surface area contributed by atoms with Crippen molar-refractivity contribution >= 4 is 40.9 Å². The second-order valence-electron chi connectivity index (χ2n) is 6.70. The Kier molecular flexibility index (Phi) is 7.59. The van der Waals surface area contributed by atoms with E-state index in [9.17, 15) is 25.0 Å².